The van der Waals surface area contributed by atoms with Gasteiger partial charge in [0.25, 0.3) is 15.9 Å². The molecule has 1 aromatic rings. The molecule has 0 radical (unpaired) electrons. The Labute approximate surface area is 99.9 Å². The number of alkyl halides is 2. The summed E-state index contributed by atoms with van der Waals surface area (Å²) in [5.41, 5.74) is 0. The number of aryl methyl sites for hydroxylation is 1. The van der Waals surface area contributed by atoms with Gasteiger partial charge in [0.15, 0.2) is 4.21 Å². The van der Waals surface area contributed by atoms with Crippen LogP contribution in [-0.2, 0) is 14.8 Å². The normalized spacial score (nSPS) is 22.2. The summed E-state index contributed by atoms with van der Waals surface area (Å²) in [6.07, 6.45) is 0.483. The van der Waals surface area contributed by atoms with E-state index in [0.29, 0.717) is 5.01 Å². The molecule has 0 saturated heterocycles. The van der Waals surface area contributed by atoms with Crippen molar-refractivity contribution in [3.8, 4) is 0 Å². The molecule has 1 fully saturated rings. The van der Waals surface area contributed by atoms with E-state index in [4.69, 9.17) is 0 Å². The smallest absolute Gasteiger partial charge is 0.273 e. The number of halogens is 2. The number of carbonyl (C=O) groups excluding carboxylic acids is 1. The van der Waals surface area contributed by atoms with Crippen molar-refractivity contribution in [3.63, 3.8) is 0 Å². The second-order valence-electron chi connectivity index (χ2n) is 3.69. The maximum absolute atomic E-state index is 12.6. The summed E-state index contributed by atoms with van der Waals surface area (Å²) in [5.74, 6) is -5.78. The van der Waals surface area contributed by atoms with Crippen molar-refractivity contribution in [2.45, 2.75) is 23.5 Å². The van der Waals surface area contributed by atoms with Crippen molar-refractivity contribution in [1.82, 2.24) is 9.71 Å². The summed E-state index contributed by atoms with van der Waals surface area (Å²) >= 11 is 0.867. The number of aromatic nitrogens is 1. The fraction of sp³-hybridized carbons (Fsp3) is 0.500. The average Bonchev–Trinajstić information content (AvgIpc) is 2.61. The van der Waals surface area contributed by atoms with Crippen molar-refractivity contribution < 1.29 is 22.0 Å². The second kappa shape index (κ2) is 3.70. The molecule has 2 rings (SSSR count). The summed E-state index contributed by atoms with van der Waals surface area (Å²) in [5, 5.41) is 0.509. The Balaban J connectivity index is 2.11. The molecular formula is C8H8F2N2O3S2. The van der Waals surface area contributed by atoms with Gasteiger partial charge in [-0.05, 0) is 6.92 Å². The number of hydrogen-bond acceptors (Lipinski definition) is 5. The number of rotatable bonds is 3. The van der Waals surface area contributed by atoms with Crippen LogP contribution in [0.25, 0.3) is 0 Å². The molecule has 9 heteroatoms. The molecule has 1 aromatic heterocycles. The Bertz CT molecular complexity index is 567. The van der Waals surface area contributed by atoms with Gasteiger partial charge in [-0.3, -0.25) is 4.79 Å². The average molecular weight is 282 g/mol. The van der Waals surface area contributed by atoms with Gasteiger partial charge in [0.1, 0.15) is 5.92 Å². The van der Waals surface area contributed by atoms with E-state index >= 15 is 0 Å². The zero-order chi connectivity index (χ0) is 12.8. The van der Waals surface area contributed by atoms with E-state index in [9.17, 15) is 22.0 Å². The molecule has 1 atom stereocenters. The Hall–Kier alpha value is -1.09. The standard InChI is InChI=1S/C8H8F2N2O3S2/c1-4-11-3-6(16-4)17(14,15)12-7(13)5-2-8(5,9)10/h3,5H,2H2,1H3,(H,12,13). The Morgan fingerprint density at radius 3 is 2.65 bits per heavy atom. The molecule has 1 aliphatic carbocycles. The molecule has 1 saturated carbocycles. The SMILES string of the molecule is Cc1ncc(S(=O)(=O)NC(=O)C2CC2(F)F)s1. The van der Waals surface area contributed by atoms with E-state index < -0.39 is 34.2 Å². The van der Waals surface area contributed by atoms with E-state index in [0.717, 1.165) is 17.5 Å². The molecule has 0 spiro atoms. The monoisotopic (exact) mass is 282 g/mol. The zero-order valence-corrected chi connectivity index (χ0v) is 10.2. The third-order valence-corrected chi connectivity index (χ3v) is 4.96. The first-order chi connectivity index (χ1) is 7.72. The van der Waals surface area contributed by atoms with Crippen molar-refractivity contribution in [2.24, 2.45) is 5.92 Å². The van der Waals surface area contributed by atoms with Crippen molar-refractivity contribution in [2.75, 3.05) is 0 Å². The summed E-state index contributed by atoms with van der Waals surface area (Å²) < 4.78 is 49.8. The third kappa shape index (κ3) is 2.44. The number of sulfonamides is 1. The van der Waals surface area contributed by atoms with E-state index in [1.54, 1.807) is 11.6 Å². The highest BCUT2D eigenvalue weighted by molar-refractivity contribution is 7.92. The fourth-order valence-electron chi connectivity index (χ4n) is 1.22. The molecule has 1 N–H and O–H groups in total. The highest BCUT2D eigenvalue weighted by Gasteiger charge is 2.61. The first kappa shape index (κ1) is 12.4. The van der Waals surface area contributed by atoms with Crippen molar-refractivity contribution in [3.05, 3.63) is 11.2 Å². The van der Waals surface area contributed by atoms with Crippen LogP contribution in [0, 0.1) is 12.8 Å². The van der Waals surface area contributed by atoms with Crippen molar-refractivity contribution >= 4 is 27.3 Å². The van der Waals surface area contributed by atoms with Gasteiger partial charge in [0, 0.05) is 6.42 Å². The van der Waals surface area contributed by atoms with E-state index in [-0.39, 0.29) is 4.21 Å². The minimum absolute atomic E-state index is 0.160. The van der Waals surface area contributed by atoms with Crippen LogP contribution >= 0.6 is 11.3 Å². The predicted molar refractivity (Wildman–Crippen MR) is 55.2 cm³/mol. The van der Waals surface area contributed by atoms with Gasteiger partial charge in [-0.2, -0.15) is 0 Å². The largest absolute Gasteiger partial charge is 0.275 e. The lowest BCUT2D eigenvalue weighted by atomic mass is 10.4. The second-order valence-corrected chi connectivity index (χ2v) is 6.83. The number of carbonyl (C=O) groups is 1. The van der Waals surface area contributed by atoms with Crippen LogP contribution in [-0.4, -0.2) is 25.2 Å². The van der Waals surface area contributed by atoms with Crippen LogP contribution in [0.15, 0.2) is 10.4 Å². The Kier molecular flexibility index (Phi) is 2.69. The number of amides is 1. The van der Waals surface area contributed by atoms with Gasteiger partial charge in [0.05, 0.1) is 11.2 Å². The number of nitrogens with one attached hydrogen (secondary N) is 1. The lowest BCUT2D eigenvalue weighted by Crippen LogP contribution is -2.32. The molecule has 1 heterocycles. The maximum atomic E-state index is 12.6. The van der Waals surface area contributed by atoms with Crippen LogP contribution in [0.4, 0.5) is 8.78 Å². The third-order valence-electron chi connectivity index (χ3n) is 2.24. The Morgan fingerprint density at radius 1 is 1.65 bits per heavy atom. The lowest BCUT2D eigenvalue weighted by molar-refractivity contribution is -0.122. The quantitative estimate of drug-likeness (QED) is 0.894. The topological polar surface area (TPSA) is 76.1 Å². The number of hydrogen-bond donors (Lipinski definition) is 1. The van der Waals surface area contributed by atoms with E-state index in [1.165, 1.54) is 0 Å². The molecule has 94 valence electrons. The fourth-order valence-corrected chi connectivity index (χ4v) is 3.34. The number of thiazole rings is 1. The first-order valence-corrected chi connectivity index (χ1v) is 6.89. The zero-order valence-electron chi connectivity index (χ0n) is 8.61. The van der Waals surface area contributed by atoms with Crippen LogP contribution in [0.5, 0.6) is 0 Å². The Morgan fingerprint density at radius 2 is 2.24 bits per heavy atom. The van der Waals surface area contributed by atoms with Crippen LogP contribution in [0.3, 0.4) is 0 Å². The highest BCUT2D eigenvalue weighted by Crippen LogP contribution is 2.48. The molecule has 1 unspecified atom stereocenters. The molecule has 5 nitrogen and oxygen atoms in total. The van der Waals surface area contributed by atoms with Gasteiger partial charge in [-0.25, -0.2) is 26.9 Å². The summed E-state index contributed by atoms with van der Waals surface area (Å²) in [7, 11) is -4.07. The molecule has 1 amide bonds. The van der Waals surface area contributed by atoms with Crippen molar-refractivity contribution in [1.29, 1.82) is 0 Å². The summed E-state index contributed by atoms with van der Waals surface area (Å²) in [6.45, 7) is 1.60. The highest BCUT2D eigenvalue weighted by atomic mass is 32.2. The number of nitrogens with zero attached hydrogens (tertiary/aromatic N) is 1. The molecule has 0 bridgehead atoms. The van der Waals surface area contributed by atoms with Crippen LogP contribution in [0.1, 0.15) is 11.4 Å². The van der Waals surface area contributed by atoms with Gasteiger partial charge in [0.2, 0.25) is 5.91 Å². The molecule has 0 aromatic carbocycles. The predicted octanol–water partition coefficient (Wildman–Crippen LogP) is 0.912. The van der Waals surface area contributed by atoms with Crippen LogP contribution in [0.2, 0.25) is 0 Å². The van der Waals surface area contributed by atoms with E-state index in [1.807, 2.05) is 0 Å². The van der Waals surface area contributed by atoms with Crippen LogP contribution < -0.4 is 4.72 Å². The van der Waals surface area contributed by atoms with Gasteiger partial charge in [-0.15, -0.1) is 11.3 Å². The molecule has 1 aliphatic rings. The lowest BCUT2D eigenvalue weighted by Gasteiger charge is -2.03. The minimum Gasteiger partial charge on any atom is -0.273 e. The molecular weight excluding hydrogens is 274 g/mol. The molecule has 17 heavy (non-hydrogen) atoms. The maximum Gasteiger partial charge on any atom is 0.275 e. The van der Waals surface area contributed by atoms with Gasteiger partial charge in [-0.1, -0.05) is 0 Å². The summed E-state index contributed by atoms with van der Waals surface area (Å²) in [4.78, 5) is 14.9. The molecule has 0 aliphatic heterocycles. The van der Waals surface area contributed by atoms with E-state index in [2.05, 4.69) is 4.98 Å². The van der Waals surface area contributed by atoms with Gasteiger partial charge >= 0.3 is 0 Å². The first-order valence-electron chi connectivity index (χ1n) is 4.59. The minimum atomic E-state index is -4.07. The van der Waals surface area contributed by atoms with Gasteiger partial charge < -0.3 is 0 Å². The summed E-state index contributed by atoms with van der Waals surface area (Å²) in [6, 6.07) is 0.